The van der Waals surface area contributed by atoms with Gasteiger partial charge in [0.15, 0.2) is 0 Å². The van der Waals surface area contributed by atoms with Crippen LogP contribution in [0, 0.1) is 0 Å². The summed E-state index contributed by atoms with van der Waals surface area (Å²) in [5.41, 5.74) is 10.3. The molecule has 1 aliphatic heterocycles. The first-order chi connectivity index (χ1) is 15.6. The third-order valence-corrected chi connectivity index (χ3v) is 5.76. The maximum atomic E-state index is 11.8. The quantitative estimate of drug-likeness (QED) is 0.470. The number of para-hydroxylation sites is 1. The van der Waals surface area contributed by atoms with Crippen molar-refractivity contribution in [3.05, 3.63) is 79.3 Å². The molecule has 0 unspecified atom stereocenters. The Morgan fingerprint density at radius 1 is 1.12 bits per heavy atom. The molecule has 5 rings (SSSR count). The topological polar surface area (TPSA) is 95.1 Å². The molecule has 0 saturated carbocycles. The molecule has 1 amide bonds. The van der Waals surface area contributed by atoms with Crippen LogP contribution >= 0.6 is 0 Å². The van der Waals surface area contributed by atoms with Gasteiger partial charge in [-0.1, -0.05) is 36.9 Å². The van der Waals surface area contributed by atoms with E-state index in [4.69, 9.17) is 10.5 Å². The zero-order valence-corrected chi connectivity index (χ0v) is 17.5. The van der Waals surface area contributed by atoms with Crippen LogP contribution in [0.15, 0.2) is 73.6 Å². The van der Waals surface area contributed by atoms with Crippen molar-refractivity contribution in [2.24, 2.45) is 0 Å². The van der Waals surface area contributed by atoms with Crippen LogP contribution in [0.4, 0.5) is 5.82 Å². The number of aromatic nitrogens is 3. The number of anilines is 1. The molecule has 32 heavy (non-hydrogen) atoms. The van der Waals surface area contributed by atoms with E-state index >= 15 is 0 Å². The van der Waals surface area contributed by atoms with Gasteiger partial charge >= 0.3 is 0 Å². The van der Waals surface area contributed by atoms with Crippen molar-refractivity contribution in [1.82, 2.24) is 19.9 Å². The second-order valence-corrected chi connectivity index (χ2v) is 7.78. The molecule has 0 spiro atoms. The lowest BCUT2D eigenvalue weighted by molar-refractivity contribution is -0.117. The highest BCUT2D eigenvalue weighted by molar-refractivity contribution is 6.02. The molecule has 7 heteroatoms. The van der Waals surface area contributed by atoms with Crippen molar-refractivity contribution in [3.8, 4) is 22.6 Å². The molecule has 1 atom stereocenters. The number of benzene rings is 2. The van der Waals surface area contributed by atoms with Crippen LogP contribution < -0.4 is 15.8 Å². The van der Waals surface area contributed by atoms with Crippen LogP contribution in [0.5, 0.6) is 11.5 Å². The van der Waals surface area contributed by atoms with Crippen LogP contribution in [0.25, 0.3) is 22.2 Å². The number of carbonyl (C=O) groups is 1. The Balaban J connectivity index is 1.53. The van der Waals surface area contributed by atoms with Gasteiger partial charge in [0.05, 0.1) is 5.39 Å². The normalized spacial score (nSPS) is 15.2. The average molecular weight is 425 g/mol. The Kier molecular flexibility index (Phi) is 5.07. The summed E-state index contributed by atoms with van der Waals surface area (Å²) in [6.07, 6.45) is 4.40. The minimum atomic E-state index is -0.168. The molecule has 7 nitrogen and oxygen atoms in total. The Morgan fingerprint density at radius 2 is 1.88 bits per heavy atom. The van der Waals surface area contributed by atoms with Crippen molar-refractivity contribution in [3.63, 3.8) is 0 Å². The van der Waals surface area contributed by atoms with Gasteiger partial charge in [0.25, 0.3) is 0 Å². The number of fused-ring (bicyclic) bond motifs is 3. The molecule has 4 aromatic rings. The van der Waals surface area contributed by atoms with Gasteiger partial charge in [0.2, 0.25) is 5.91 Å². The standard InChI is InChI=1S/C25H23N5O2/c1-2-21(31)29-17-10-13-20-22(23-24(26)27-15-28-25(23)30(20)14-17)16-8-11-19(12-9-16)32-18-6-4-3-5-7-18/h2-9,11-12,15,17H,1,10,13-14H2,(H,29,31)(H2,26,27,28)/t17-/m1/s1. The SMILES string of the molecule is C=CC(=O)N[C@@H]1CCc2c(-c3ccc(Oc4ccccc4)cc3)c3c(N)ncnc3n2C1. The van der Waals surface area contributed by atoms with E-state index in [1.54, 1.807) is 0 Å². The summed E-state index contributed by atoms with van der Waals surface area (Å²) >= 11 is 0. The number of ether oxygens (including phenoxy) is 1. The van der Waals surface area contributed by atoms with E-state index in [0.29, 0.717) is 12.4 Å². The van der Waals surface area contributed by atoms with Crippen LogP contribution in [-0.2, 0) is 17.8 Å². The highest BCUT2D eigenvalue weighted by atomic mass is 16.5. The smallest absolute Gasteiger partial charge is 0.243 e. The van der Waals surface area contributed by atoms with Crippen LogP contribution in [-0.4, -0.2) is 26.5 Å². The van der Waals surface area contributed by atoms with Gasteiger partial charge in [0.1, 0.15) is 29.3 Å². The van der Waals surface area contributed by atoms with Crippen molar-refractivity contribution < 1.29 is 9.53 Å². The summed E-state index contributed by atoms with van der Waals surface area (Å²) < 4.78 is 8.08. The first-order valence-corrected chi connectivity index (χ1v) is 10.5. The fraction of sp³-hybridized carbons (Fsp3) is 0.160. The van der Waals surface area contributed by atoms with Gasteiger partial charge in [-0.25, -0.2) is 9.97 Å². The first-order valence-electron chi connectivity index (χ1n) is 10.5. The van der Waals surface area contributed by atoms with E-state index in [0.717, 1.165) is 52.2 Å². The number of nitrogens with two attached hydrogens (primary N) is 1. The molecule has 3 N–H and O–H groups in total. The van der Waals surface area contributed by atoms with Gasteiger partial charge < -0.3 is 20.4 Å². The van der Waals surface area contributed by atoms with Crippen LogP contribution in [0.2, 0.25) is 0 Å². The predicted molar refractivity (Wildman–Crippen MR) is 124 cm³/mol. The highest BCUT2D eigenvalue weighted by Crippen LogP contribution is 2.39. The fourth-order valence-electron chi connectivity index (χ4n) is 4.32. The average Bonchev–Trinajstić information content (AvgIpc) is 3.15. The van der Waals surface area contributed by atoms with E-state index in [1.807, 2.05) is 54.6 Å². The van der Waals surface area contributed by atoms with E-state index in [2.05, 4.69) is 26.4 Å². The van der Waals surface area contributed by atoms with Gasteiger partial charge in [0, 0.05) is 23.8 Å². The number of rotatable bonds is 5. The fourth-order valence-corrected chi connectivity index (χ4v) is 4.32. The number of nitrogens with one attached hydrogen (secondary N) is 1. The molecule has 2 aromatic carbocycles. The van der Waals surface area contributed by atoms with Crippen molar-refractivity contribution in [2.45, 2.75) is 25.4 Å². The minimum Gasteiger partial charge on any atom is -0.457 e. The molecule has 1 aliphatic rings. The number of hydrogen-bond donors (Lipinski definition) is 2. The molecular formula is C25H23N5O2. The molecular weight excluding hydrogens is 402 g/mol. The summed E-state index contributed by atoms with van der Waals surface area (Å²) in [4.78, 5) is 20.6. The lowest BCUT2D eigenvalue weighted by atomic mass is 9.97. The summed E-state index contributed by atoms with van der Waals surface area (Å²) in [6, 6.07) is 17.7. The highest BCUT2D eigenvalue weighted by Gasteiger charge is 2.28. The maximum Gasteiger partial charge on any atom is 0.243 e. The number of nitrogens with zero attached hydrogens (tertiary/aromatic N) is 3. The van der Waals surface area contributed by atoms with Crippen molar-refractivity contribution >= 4 is 22.8 Å². The molecule has 0 aliphatic carbocycles. The molecule has 0 radical (unpaired) electrons. The summed E-state index contributed by atoms with van der Waals surface area (Å²) in [7, 11) is 0. The van der Waals surface area contributed by atoms with E-state index in [-0.39, 0.29) is 11.9 Å². The molecule has 160 valence electrons. The summed E-state index contributed by atoms with van der Waals surface area (Å²) in [6.45, 7) is 4.17. The zero-order valence-electron chi connectivity index (χ0n) is 17.5. The van der Waals surface area contributed by atoms with E-state index < -0.39 is 0 Å². The molecule has 3 heterocycles. The Hall–Kier alpha value is -4.13. The maximum absolute atomic E-state index is 11.8. The zero-order chi connectivity index (χ0) is 22.1. The second kappa shape index (κ2) is 8.19. The van der Waals surface area contributed by atoms with Crippen molar-refractivity contribution in [1.29, 1.82) is 0 Å². The Morgan fingerprint density at radius 3 is 2.62 bits per heavy atom. The third-order valence-electron chi connectivity index (χ3n) is 5.76. The number of nitrogen functional groups attached to an aromatic ring is 1. The molecule has 0 saturated heterocycles. The van der Waals surface area contributed by atoms with E-state index in [9.17, 15) is 4.79 Å². The predicted octanol–water partition coefficient (Wildman–Crippen LogP) is 4.09. The third kappa shape index (κ3) is 3.58. The van der Waals surface area contributed by atoms with Crippen LogP contribution in [0.1, 0.15) is 12.1 Å². The second-order valence-electron chi connectivity index (χ2n) is 7.78. The largest absolute Gasteiger partial charge is 0.457 e. The van der Waals surface area contributed by atoms with Gasteiger partial charge in [-0.3, -0.25) is 4.79 Å². The summed E-state index contributed by atoms with van der Waals surface area (Å²) in [5, 5.41) is 3.84. The van der Waals surface area contributed by atoms with Crippen LogP contribution in [0.3, 0.4) is 0 Å². The van der Waals surface area contributed by atoms with E-state index in [1.165, 1.54) is 12.4 Å². The monoisotopic (exact) mass is 425 g/mol. The number of amides is 1. The van der Waals surface area contributed by atoms with Gasteiger partial charge in [-0.05, 0) is 48.7 Å². The molecule has 2 aromatic heterocycles. The minimum absolute atomic E-state index is 0.00860. The Bertz CT molecular complexity index is 1300. The molecule has 0 fully saturated rings. The van der Waals surface area contributed by atoms with Crippen molar-refractivity contribution in [2.75, 3.05) is 5.73 Å². The number of hydrogen-bond acceptors (Lipinski definition) is 5. The lowest BCUT2D eigenvalue weighted by Crippen LogP contribution is -2.40. The molecule has 0 bridgehead atoms. The Labute approximate surface area is 185 Å². The van der Waals surface area contributed by atoms with Gasteiger partial charge in [-0.15, -0.1) is 0 Å². The first kappa shape index (κ1) is 19.8. The number of carbonyl (C=O) groups excluding carboxylic acids is 1. The van der Waals surface area contributed by atoms with Gasteiger partial charge in [-0.2, -0.15) is 0 Å². The lowest BCUT2D eigenvalue weighted by Gasteiger charge is -2.26. The summed E-state index contributed by atoms with van der Waals surface area (Å²) in [5.74, 6) is 1.83.